The Hall–Kier alpha value is -1.43. The fraction of sp³-hybridized carbons (Fsp3) is 0.167. The SMILES string of the molecule is Cc1nc(=S)c2[nH]c(=O)[nH]c2[nH]1. The zero-order chi connectivity index (χ0) is 8.72. The fourth-order valence-corrected chi connectivity index (χ4v) is 1.34. The van der Waals surface area contributed by atoms with Gasteiger partial charge in [-0.15, -0.1) is 0 Å². The van der Waals surface area contributed by atoms with E-state index < -0.39 is 0 Å². The van der Waals surface area contributed by atoms with Crippen LogP contribution in [0, 0.1) is 11.6 Å². The summed E-state index contributed by atoms with van der Waals surface area (Å²) in [4.78, 5) is 22.8. The maximum absolute atomic E-state index is 10.8. The third-order valence-electron chi connectivity index (χ3n) is 1.52. The molecular weight excluding hydrogens is 176 g/mol. The lowest BCUT2D eigenvalue weighted by Crippen LogP contribution is -1.99. The molecule has 0 atom stereocenters. The van der Waals surface area contributed by atoms with Crippen molar-refractivity contribution < 1.29 is 0 Å². The lowest BCUT2D eigenvalue weighted by Gasteiger charge is -1.91. The molecule has 2 aromatic rings. The summed E-state index contributed by atoms with van der Waals surface area (Å²) >= 11 is 4.93. The lowest BCUT2D eigenvalue weighted by molar-refractivity contribution is 1.07. The third kappa shape index (κ3) is 0.964. The summed E-state index contributed by atoms with van der Waals surface area (Å²) in [6.07, 6.45) is 0. The maximum Gasteiger partial charge on any atom is 0.325 e. The van der Waals surface area contributed by atoms with Gasteiger partial charge in [0.2, 0.25) is 0 Å². The summed E-state index contributed by atoms with van der Waals surface area (Å²) in [5.41, 5.74) is 0.873. The van der Waals surface area contributed by atoms with Gasteiger partial charge < -0.3 is 9.97 Å². The van der Waals surface area contributed by atoms with E-state index in [1.807, 2.05) is 0 Å². The molecule has 0 amide bonds. The molecule has 0 unspecified atom stereocenters. The van der Waals surface area contributed by atoms with E-state index in [4.69, 9.17) is 12.2 Å². The first-order valence-electron chi connectivity index (χ1n) is 3.36. The summed E-state index contributed by atoms with van der Waals surface area (Å²) in [7, 11) is 0. The first kappa shape index (κ1) is 7.23. The first-order chi connectivity index (χ1) is 5.66. The van der Waals surface area contributed by atoms with Crippen LogP contribution in [0.1, 0.15) is 5.82 Å². The van der Waals surface area contributed by atoms with Crippen LogP contribution in [0.5, 0.6) is 0 Å². The smallest absolute Gasteiger partial charge is 0.325 e. The van der Waals surface area contributed by atoms with Gasteiger partial charge in [-0.2, -0.15) is 0 Å². The van der Waals surface area contributed by atoms with Gasteiger partial charge in [0.05, 0.1) is 0 Å². The number of hydrogen-bond acceptors (Lipinski definition) is 3. The molecule has 12 heavy (non-hydrogen) atoms. The Labute approximate surface area is 71.9 Å². The van der Waals surface area contributed by atoms with Crippen LogP contribution in [0.2, 0.25) is 0 Å². The monoisotopic (exact) mass is 182 g/mol. The Morgan fingerprint density at radius 1 is 1.33 bits per heavy atom. The van der Waals surface area contributed by atoms with Gasteiger partial charge in [0.15, 0.2) is 4.64 Å². The highest BCUT2D eigenvalue weighted by Gasteiger charge is 2.00. The predicted molar refractivity (Wildman–Crippen MR) is 46.6 cm³/mol. The van der Waals surface area contributed by atoms with Crippen LogP contribution in [0.3, 0.4) is 0 Å². The number of aromatic amines is 3. The molecule has 6 heteroatoms. The summed E-state index contributed by atoms with van der Waals surface area (Å²) in [5, 5.41) is 0. The van der Waals surface area contributed by atoms with Crippen LogP contribution in [0.25, 0.3) is 11.2 Å². The molecule has 5 nitrogen and oxygen atoms in total. The van der Waals surface area contributed by atoms with Crippen LogP contribution in [0.4, 0.5) is 0 Å². The van der Waals surface area contributed by atoms with E-state index in [0.29, 0.717) is 21.6 Å². The van der Waals surface area contributed by atoms with Crippen LogP contribution in [0.15, 0.2) is 4.79 Å². The molecule has 0 aliphatic heterocycles. The predicted octanol–water partition coefficient (Wildman–Crippen LogP) is 0.617. The standard InChI is InChI=1S/C6H6N4OS/c1-2-7-4-3(5(12)8-2)9-6(11)10-4/h1H3,(H3,7,8,9,10,11,12). The molecule has 0 fully saturated rings. The molecule has 2 aromatic heterocycles. The summed E-state index contributed by atoms with van der Waals surface area (Å²) in [5.74, 6) is 0.683. The molecule has 0 bridgehead atoms. The van der Waals surface area contributed by atoms with Gasteiger partial charge in [0.1, 0.15) is 17.0 Å². The molecule has 0 aliphatic rings. The highest BCUT2D eigenvalue weighted by atomic mass is 32.1. The van der Waals surface area contributed by atoms with Crippen molar-refractivity contribution in [2.75, 3.05) is 0 Å². The zero-order valence-electron chi connectivity index (χ0n) is 6.26. The highest BCUT2D eigenvalue weighted by Crippen LogP contribution is 2.03. The Balaban J connectivity index is 3.08. The number of aromatic nitrogens is 4. The molecule has 0 saturated carbocycles. The minimum absolute atomic E-state index is 0.278. The number of imidazole rings is 1. The summed E-state index contributed by atoms with van der Waals surface area (Å²) in [6, 6.07) is 0. The maximum atomic E-state index is 10.8. The second-order valence-corrected chi connectivity index (χ2v) is 2.84. The fourth-order valence-electron chi connectivity index (χ4n) is 1.05. The normalized spacial score (nSPS) is 10.8. The largest absolute Gasteiger partial charge is 0.328 e. The quantitative estimate of drug-likeness (QED) is 0.522. The molecule has 0 radical (unpaired) electrons. The average molecular weight is 182 g/mol. The van der Waals surface area contributed by atoms with Crippen molar-refractivity contribution in [3.63, 3.8) is 0 Å². The van der Waals surface area contributed by atoms with Crippen molar-refractivity contribution in [1.82, 2.24) is 19.9 Å². The molecule has 2 heterocycles. The number of aryl methyl sites for hydroxylation is 1. The Bertz CT molecular complexity index is 534. The van der Waals surface area contributed by atoms with Gasteiger partial charge in [-0.1, -0.05) is 12.2 Å². The summed E-state index contributed by atoms with van der Waals surface area (Å²) in [6.45, 7) is 1.78. The Morgan fingerprint density at radius 2 is 2.08 bits per heavy atom. The van der Waals surface area contributed by atoms with Gasteiger partial charge >= 0.3 is 5.69 Å². The Kier molecular flexibility index (Phi) is 1.37. The molecule has 0 spiro atoms. The number of nitrogens with one attached hydrogen (secondary N) is 3. The number of rotatable bonds is 0. The van der Waals surface area contributed by atoms with Gasteiger partial charge in [-0.3, -0.25) is 4.98 Å². The van der Waals surface area contributed by atoms with Crippen molar-refractivity contribution in [3.8, 4) is 0 Å². The van der Waals surface area contributed by atoms with Crippen LogP contribution in [-0.4, -0.2) is 19.9 Å². The molecule has 2 rings (SSSR count). The van der Waals surface area contributed by atoms with E-state index in [1.165, 1.54) is 0 Å². The number of nitrogens with zero attached hydrogens (tertiary/aromatic N) is 1. The van der Waals surface area contributed by atoms with Gasteiger partial charge in [0, 0.05) is 0 Å². The number of H-pyrrole nitrogens is 3. The lowest BCUT2D eigenvalue weighted by atomic mass is 10.5. The van der Waals surface area contributed by atoms with Gasteiger partial charge in [0.25, 0.3) is 0 Å². The molecule has 0 aliphatic carbocycles. The van der Waals surface area contributed by atoms with E-state index in [0.717, 1.165) is 0 Å². The molecule has 0 aromatic carbocycles. The minimum Gasteiger partial charge on any atom is -0.328 e. The minimum atomic E-state index is -0.278. The van der Waals surface area contributed by atoms with E-state index in [9.17, 15) is 4.79 Å². The first-order valence-corrected chi connectivity index (χ1v) is 3.76. The van der Waals surface area contributed by atoms with E-state index >= 15 is 0 Å². The second kappa shape index (κ2) is 2.28. The number of hydrogen-bond donors (Lipinski definition) is 3. The van der Waals surface area contributed by atoms with E-state index in [1.54, 1.807) is 6.92 Å². The van der Waals surface area contributed by atoms with Crippen molar-refractivity contribution in [2.45, 2.75) is 6.92 Å². The highest BCUT2D eigenvalue weighted by molar-refractivity contribution is 7.71. The molecule has 0 saturated heterocycles. The van der Waals surface area contributed by atoms with Crippen LogP contribution >= 0.6 is 12.2 Å². The second-order valence-electron chi connectivity index (χ2n) is 2.46. The molecular formula is C6H6N4OS. The van der Waals surface area contributed by atoms with E-state index in [-0.39, 0.29) is 5.69 Å². The number of fused-ring (bicyclic) bond motifs is 1. The summed E-state index contributed by atoms with van der Waals surface area (Å²) < 4.78 is 0.402. The molecule has 3 N–H and O–H groups in total. The topological polar surface area (TPSA) is 77.3 Å². The van der Waals surface area contributed by atoms with Gasteiger partial charge in [-0.05, 0) is 6.92 Å². The van der Waals surface area contributed by atoms with Crippen molar-refractivity contribution in [3.05, 3.63) is 20.9 Å². The van der Waals surface area contributed by atoms with Crippen LogP contribution in [-0.2, 0) is 0 Å². The zero-order valence-corrected chi connectivity index (χ0v) is 7.08. The van der Waals surface area contributed by atoms with Gasteiger partial charge in [-0.25, -0.2) is 9.78 Å². The average Bonchev–Trinajstić information content (AvgIpc) is 2.29. The van der Waals surface area contributed by atoms with E-state index in [2.05, 4.69) is 19.9 Å². The Morgan fingerprint density at radius 3 is 2.83 bits per heavy atom. The molecule has 62 valence electrons. The third-order valence-corrected chi connectivity index (χ3v) is 1.81. The van der Waals surface area contributed by atoms with Crippen molar-refractivity contribution >= 4 is 23.4 Å². The van der Waals surface area contributed by atoms with Crippen molar-refractivity contribution in [1.29, 1.82) is 0 Å². The van der Waals surface area contributed by atoms with Crippen molar-refractivity contribution in [2.24, 2.45) is 0 Å². The van der Waals surface area contributed by atoms with Crippen LogP contribution < -0.4 is 5.69 Å².